The average Bonchev–Trinajstić information content (AvgIpc) is 2.40. The Morgan fingerprint density at radius 3 is 2.93 bits per heavy atom. The molecule has 0 aliphatic carbocycles. The normalized spacial score (nSPS) is 10.4. The summed E-state index contributed by atoms with van der Waals surface area (Å²) in [5.74, 6) is -0.263. The van der Waals surface area contributed by atoms with Gasteiger partial charge in [0.2, 0.25) is 5.91 Å². The molecule has 0 aromatic carbocycles. The summed E-state index contributed by atoms with van der Waals surface area (Å²) >= 11 is 5.18. The minimum Gasteiger partial charge on any atom is -0.370 e. The molecule has 0 bridgehead atoms. The van der Waals surface area contributed by atoms with Crippen LogP contribution in [-0.2, 0) is 11.3 Å². The minimum atomic E-state index is -0.263. The Balaban J connectivity index is 2.28. The number of nitrogens with two attached hydrogens (primary N) is 1. The summed E-state index contributed by atoms with van der Waals surface area (Å²) < 4.78 is 1.17. The average molecular weight is 277 g/mol. The summed E-state index contributed by atoms with van der Waals surface area (Å²) in [5, 5.41) is 3.16. The van der Waals surface area contributed by atoms with E-state index in [1.165, 1.54) is 14.2 Å². The van der Waals surface area contributed by atoms with E-state index in [0.717, 1.165) is 6.54 Å². The fraction of sp³-hybridized carbons (Fsp3) is 0.444. The fourth-order valence-electron chi connectivity index (χ4n) is 1.03. The largest absolute Gasteiger partial charge is 0.370 e. The smallest absolute Gasteiger partial charge is 0.218 e. The zero-order valence-corrected chi connectivity index (χ0v) is 10.4. The van der Waals surface area contributed by atoms with Gasteiger partial charge in [0.05, 0.1) is 3.79 Å². The van der Waals surface area contributed by atoms with E-state index in [0.29, 0.717) is 13.0 Å². The molecule has 78 valence electrons. The second kappa shape index (κ2) is 5.48. The van der Waals surface area contributed by atoms with Crippen molar-refractivity contribution in [2.24, 2.45) is 5.73 Å². The third kappa shape index (κ3) is 3.77. The molecule has 0 aliphatic rings. The number of carbonyl (C=O) groups excluding carboxylic acids is 1. The molecule has 3 N–H and O–H groups in total. The first kappa shape index (κ1) is 11.7. The number of primary amides is 1. The first-order valence-corrected chi connectivity index (χ1v) is 5.94. The highest BCUT2D eigenvalue weighted by molar-refractivity contribution is 9.11. The van der Waals surface area contributed by atoms with Gasteiger partial charge in [0.15, 0.2) is 0 Å². The molecule has 0 fully saturated rings. The molecule has 1 heterocycles. The SMILES string of the molecule is Cc1cc(CNCCC(N)=O)sc1Br. The van der Waals surface area contributed by atoms with E-state index in [2.05, 4.69) is 34.2 Å². The zero-order valence-electron chi connectivity index (χ0n) is 7.97. The summed E-state index contributed by atoms with van der Waals surface area (Å²) in [6, 6.07) is 2.13. The fourth-order valence-corrected chi connectivity index (χ4v) is 2.63. The highest BCUT2D eigenvalue weighted by atomic mass is 79.9. The van der Waals surface area contributed by atoms with Crippen LogP contribution in [0.4, 0.5) is 0 Å². The third-order valence-corrected chi connectivity index (χ3v) is 3.89. The van der Waals surface area contributed by atoms with E-state index in [1.54, 1.807) is 11.3 Å². The van der Waals surface area contributed by atoms with Crippen molar-refractivity contribution >= 4 is 33.2 Å². The Morgan fingerprint density at radius 1 is 1.71 bits per heavy atom. The lowest BCUT2D eigenvalue weighted by molar-refractivity contribution is -0.117. The lowest BCUT2D eigenvalue weighted by Gasteiger charge is -1.99. The highest BCUT2D eigenvalue weighted by Gasteiger charge is 2.02. The Labute approximate surface area is 95.8 Å². The number of halogens is 1. The predicted molar refractivity (Wildman–Crippen MR) is 62.3 cm³/mol. The third-order valence-electron chi connectivity index (χ3n) is 1.76. The second-order valence-electron chi connectivity index (χ2n) is 3.06. The van der Waals surface area contributed by atoms with E-state index < -0.39 is 0 Å². The van der Waals surface area contributed by atoms with Gasteiger partial charge in [-0.2, -0.15) is 0 Å². The van der Waals surface area contributed by atoms with Crippen molar-refractivity contribution in [1.82, 2.24) is 5.32 Å². The van der Waals surface area contributed by atoms with Crippen LogP contribution in [0.1, 0.15) is 16.9 Å². The Bertz CT molecular complexity index is 305. The van der Waals surface area contributed by atoms with Gasteiger partial charge in [0.1, 0.15) is 0 Å². The first-order valence-electron chi connectivity index (χ1n) is 4.33. The quantitative estimate of drug-likeness (QED) is 0.806. The molecule has 0 radical (unpaired) electrons. The number of aryl methyl sites for hydroxylation is 1. The lowest BCUT2D eigenvalue weighted by Crippen LogP contribution is -2.21. The van der Waals surface area contributed by atoms with Crippen LogP contribution in [0.3, 0.4) is 0 Å². The zero-order chi connectivity index (χ0) is 10.6. The number of rotatable bonds is 5. The van der Waals surface area contributed by atoms with Crippen LogP contribution in [0.15, 0.2) is 9.85 Å². The molecule has 1 aromatic heterocycles. The van der Waals surface area contributed by atoms with Crippen molar-refractivity contribution in [1.29, 1.82) is 0 Å². The molecule has 1 aromatic rings. The maximum Gasteiger partial charge on any atom is 0.218 e. The number of nitrogens with one attached hydrogen (secondary N) is 1. The van der Waals surface area contributed by atoms with Crippen molar-refractivity contribution in [2.75, 3.05) is 6.54 Å². The standard InChI is InChI=1S/C9H13BrN2OS/c1-6-4-7(14-9(6)10)5-12-3-2-8(11)13/h4,12H,2-3,5H2,1H3,(H2,11,13). The van der Waals surface area contributed by atoms with Crippen molar-refractivity contribution in [2.45, 2.75) is 19.9 Å². The van der Waals surface area contributed by atoms with Crippen molar-refractivity contribution < 1.29 is 4.79 Å². The Hall–Kier alpha value is -0.390. The van der Waals surface area contributed by atoms with Crippen LogP contribution in [0.5, 0.6) is 0 Å². The molecule has 0 unspecified atom stereocenters. The van der Waals surface area contributed by atoms with E-state index in [1.807, 2.05) is 0 Å². The van der Waals surface area contributed by atoms with Crippen molar-refractivity contribution in [3.05, 3.63) is 20.3 Å². The molecular weight excluding hydrogens is 264 g/mol. The predicted octanol–water partition coefficient (Wildman–Crippen LogP) is 1.78. The molecule has 1 rings (SSSR count). The van der Waals surface area contributed by atoms with Crippen LogP contribution in [0.2, 0.25) is 0 Å². The number of hydrogen-bond donors (Lipinski definition) is 2. The molecule has 14 heavy (non-hydrogen) atoms. The number of amides is 1. The summed E-state index contributed by atoms with van der Waals surface area (Å²) in [6.45, 7) is 3.50. The van der Waals surface area contributed by atoms with Gasteiger partial charge < -0.3 is 11.1 Å². The molecule has 1 amide bonds. The Kier molecular flexibility index (Phi) is 4.57. The minimum absolute atomic E-state index is 0.263. The van der Waals surface area contributed by atoms with Crippen molar-refractivity contribution in [3.8, 4) is 0 Å². The molecular formula is C9H13BrN2OS. The monoisotopic (exact) mass is 276 g/mol. The highest BCUT2D eigenvalue weighted by Crippen LogP contribution is 2.26. The van der Waals surface area contributed by atoms with E-state index in [9.17, 15) is 4.79 Å². The van der Waals surface area contributed by atoms with Crippen molar-refractivity contribution in [3.63, 3.8) is 0 Å². The van der Waals surface area contributed by atoms with Gasteiger partial charge >= 0.3 is 0 Å². The molecule has 0 atom stereocenters. The maximum absolute atomic E-state index is 10.4. The molecule has 0 saturated heterocycles. The lowest BCUT2D eigenvalue weighted by atomic mass is 10.3. The molecule has 5 heteroatoms. The van der Waals surface area contributed by atoms with Crippen LogP contribution >= 0.6 is 27.3 Å². The second-order valence-corrected chi connectivity index (χ2v) is 5.52. The topological polar surface area (TPSA) is 55.1 Å². The Morgan fingerprint density at radius 2 is 2.43 bits per heavy atom. The summed E-state index contributed by atoms with van der Waals surface area (Å²) in [6.07, 6.45) is 0.394. The van der Waals surface area contributed by atoms with E-state index >= 15 is 0 Å². The number of hydrogen-bond acceptors (Lipinski definition) is 3. The van der Waals surface area contributed by atoms with Gasteiger partial charge in [0, 0.05) is 24.4 Å². The molecule has 0 saturated carbocycles. The van der Waals surface area contributed by atoms with Crippen LogP contribution < -0.4 is 11.1 Å². The van der Waals surface area contributed by atoms with Gasteiger partial charge in [-0.25, -0.2) is 0 Å². The van der Waals surface area contributed by atoms with Gasteiger partial charge in [-0.15, -0.1) is 11.3 Å². The van der Waals surface area contributed by atoms with Gasteiger partial charge in [-0.3, -0.25) is 4.79 Å². The van der Waals surface area contributed by atoms with Crippen LogP contribution in [0, 0.1) is 6.92 Å². The first-order chi connectivity index (χ1) is 6.59. The van der Waals surface area contributed by atoms with E-state index in [-0.39, 0.29) is 5.91 Å². The summed E-state index contributed by atoms with van der Waals surface area (Å²) in [4.78, 5) is 11.7. The maximum atomic E-state index is 10.4. The van der Waals surface area contributed by atoms with E-state index in [4.69, 9.17) is 5.73 Å². The summed E-state index contributed by atoms with van der Waals surface area (Å²) in [7, 11) is 0. The van der Waals surface area contributed by atoms with Crippen LogP contribution in [-0.4, -0.2) is 12.5 Å². The van der Waals surface area contributed by atoms with Crippen LogP contribution in [0.25, 0.3) is 0 Å². The summed E-state index contributed by atoms with van der Waals surface area (Å²) in [5.41, 5.74) is 6.27. The number of thiophene rings is 1. The van der Waals surface area contributed by atoms with Gasteiger partial charge in [-0.1, -0.05) is 0 Å². The molecule has 3 nitrogen and oxygen atoms in total. The van der Waals surface area contributed by atoms with Gasteiger partial charge in [-0.05, 0) is 34.5 Å². The van der Waals surface area contributed by atoms with Gasteiger partial charge in [0.25, 0.3) is 0 Å². The number of carbonyl (C=O) groups is 1. The molecule has 0 aliphatic heterocycles. The molecule has 0 spiro atoms.